The van der Waals surface area contributed by atoms with Gasteiger partial charge in [-0.1, -0.05) is 25.7 Å². The van der Waals surface area contributed by atoms with Crippen LogP contribution in [0.3, 0.4) is 0 Å². The number of nitrogens with one attached hydrogen (secondary N) is 1. The molecule has 0 radical (unpaired) electrons. The average Bonchev–Trinajstić information content (AvgIpc) is 2.46. The van der Waals surface area contributed by atoms with E-state index in [0.717, 1.165) is 12.8 Å². The van der Waals surface area contributed by atoms with Gasteiger partial charge in [0.25, 0.3) is 5.91 Å². The molecule has 0 atom stereocenters. The molecule has 1 aromatic rings. The Morgan fingerprint density at radius 1 is 1.40 bits per heavy atom. The Morgan fingerprint density at radius 2 is 2.05 bits per heavy atom. The van der Waals surface area contributed by atoms with E-state index in [2.05, 4.69) is 17.2 Å². The van der Waals surface area contributed by atoms with Crippen LogP contribution in [0, 0.1) is 17.7 Å². The van der Waals surface area contributed by atoms with Crippen LogP contribution < -0.4 is 5.32 Å². The van der Waals surface area contributed by atoms with E-state index in [1.807, 2.05) is 20.8 Å². The zero-order valence-electron chi connectivity index (χ0n) is 12.1. The molecule has 1 rings (SSSR count). The molecule has 0 aromatic heterocycles. The molecule has 0 fully saturated rings. The van der Waals surface area contributed by atoms with Crippen molar-refractivity contribution in [3.63, 3.8) is 0 Å². The van der Waals surface area contributed by atoms with Crippen LogP contribution in [-0.4, -0.2) is 23.2 Å². The molecular weight excluding hydrogens is 257 g/mol. The van der Waals surface area contributed by atoms with Crippen molar-refractivity contribution in [2.24, 2.45) is 0 Å². The van der Waals surface area contributed by atoms with E-state index in [9.17, 15) is 9.18 Å². The van der Waals surface area contributed by atoms with Gasteiger partial charge in [-0.25, -0.2) is 4.39 Å². The van der Waals surface area contributed by atoms with Gasteiger partial charge < -0.3 is 10.4 Å². The van der Waals surface area contributed by atoms with Gasteiger partial charge in [0, 0.05) is 11.1 Å². The maximum atomic E-state index is 13.8. The summed E-state index contributed by atoms with van der Waals surface area (Å²) in [6, 6.07) is 4.10. The normalized spacial score (nSPS) is 10.7. The summed E-state index contributed by atoms with van der Waals surface area (Å²) in [6.45, 7) is 5.60. The average molecular weight is 277 g/mol. The van der Waals surface area contributed by atoms with E-state index < -0.39 is 11.7 Å². The highest BCUT2D eigenvalue weighted by Crippen LogP contribution is 2.16. The summed E-state index contributed by atoms with van der Waals surface area (Å²) >= 11 is 0. The molecule has 0 aliphatic heterocycles. The quantitative estimate of drug-likeness (QED) is 0.831. The van der Waals surface area contributed by atoms with Crippen LogP contribution in [0.5, 0.6) is 0 Å². The highest BCUT2D eigenvalue weighted by molar-refractivity contribution is 5.95. The van der Waals surface area contributed by atoms with Crippen LogP contribution in [0.15, 0.2) is 18.2 Å². The Morgan fingerprint density at radius 3 is 2.60 bits per heavy atom. The van der Waals surface area contributed by atoms with Crippen LogP contribution in [0.1, 0.15) is 49.5 Å². The fourth-order valence-corrected chi connectivity index (χ4v) is 1.69. The van der Waals surface area contributed by atoms with E-state index in [1.165, 1.54) is 18.2 Å². The van der Waals surface area contributed by atoms with Gasteiger partial charge in [-0.2, -0.15) is 0 Å². The second kappa shape index (κ2) is 7.06. The van der Waals surface area contributed by atoms with Gasteiger partial charge in [0.1, 0.15) is 12.4 Å². The first kappa shape index (κ1) is 16.2. The van der Waals surface area contributed by atoms with Crippen molar-refractivity contribution in [1.29, 1.82) is 0 Å². The number of amides is 1. The van der Waals surface area contributed by atoms with Crippen LogP contribution >= 0.6 is 0 Å². The van der Waals surface area contributed by atoms with Crippen molar-refractivity contribution >= 4 is 5.91 Å². The summed E-state index contributed by atoms with van der Waals surface area (Å²) in [5.41, 5.74) is 0.124. The lowest BCUT2D eigenvalue weighted by atomic mass is 9.95. The first-order chi connectivity index (χ1) is 9.45. The third-order valence-electron chi connectivity index (χ3n) is 3.50. The fraction of sp³-hybridized carbons (Fsp3) is 0.438. The molecule has 1 aromatic carbocycles. The lowest BCUT2D eigenvalue weighted by molar-refractivity contribution is 0.0897. The minimum Gasteiger partial charge on any atom is -0.384 e. The summed E-state index contributed by atoms with van der Waals surface area (Å²) < 4.78 is 13.8. The van der Waals surface area contributed by atoms with Gasteiger partial charge in [-0.15, -0.1) is 0 Å². The monoisotopic (exact) mass is 277 g/mol. The zero-order valence-corrected chi connectivity index (χ0v) is 12.1. The van der Waals surface area contributed by atoms with Crippen LogP contribution in [-0.2, 0) is 0 Å². The van der Waals surface area contributed by atoms with Crippen LogP contribution in [0.25, 0.3) is 0 Å². The molecule has 108 valence electrons. The van der Waals surface area contributed by atoms with Crippen molar-refractivity contribution in [3.8, 4) is 11.8 Å². The van der Waals surface area contributed by atoms with Gasteiger partial charge >= 0.3 is 0 Å². The zero-order chi connectivity index (χ0) is 15.2. The van der Waals surface area contributed by atoms with Crippen molar-refractivity contribution in [2.45, 2.75) is 39.2 Å². The summed E-state index contributed by atoms with van der Waals surface area (Å²) in [5, 5.41) is 11.5. The maximum absolute atomic E-state index is 13.8. The van der Waals surface area contributed by atoms with E-state index >= 15 is 0 Å². The molecule has 0 spiro atoms. The molecular formula is C16H20FNO2. The highest BCUT2D eigenvalue weighted by atomic mass is 19.1. The molecule has 0 saturated heterocycles. The number of hydrogen-bond acceptors (Lipinski definition) is 2. The Bertz CT molecular complexity index is 539. The summed E-state index contributed by atoms with van der Waals surface area (Å²) in [4.78, 5) is 12.2. The minimum atomic E-state index is -0.577. The lowest BCUT2D eigenvalue weighted by Gasteiger charge is -2.28. The standard InChI is InChI=1S/C16H20FNO2/c1-4-16(3,5-2)18-15(20)13-11-12(7-6-10-19)8-9-14(13)17/h8-9,11,19H,4-5,10H2,1-3H3,(H,18,20). The number of hydrogen-bond donors (Lipinski definition) is 2. The molecule has 2 N–H and O–H groups in total. The number of carbonyl (C=O) groups excluding carboxylic acids is 1. The van der Waals surface area contributed by atoms with Gasteiger partial charge in [0.15, 0.2) is 0 Å². The SMILES string of the molecule is CCC(C)(CC)NC(=O)c1cc(C#CCO)ccc1F. The Labute approximate surface area is 119 Å². The minimum absolute atomic E-state index is 0.0251. The van der Waals surface area contributed by atoms with Gasteiger partial charge in [0.05, 0.1) is 5.56 Å². The molecule has 1 amide bonds. The number of aliphatic hydroxyl groups excluding tert-OH is 1. The predicted octanol–water partition coefficient (Wildman–Crippen LogP) is 2.48. The molecule has 3 nitrogen and oxygen atoms in total. The van der Waals surface area contributed by atoms with E-state index in [-0.39, 0.29) is 17.7 Å². The highest BCUT2D eigenvalue weighted by Gasteiger charge is 2.24. The topological polar surface area (TPSA) is 49.3 Å². The van der Waals surface area contributed by atoms with Gasteiger partial charge in [0.2, 0.25) is 0 Å². The first-order valence-electron chi connectivity index (χ1n) is 6.67. The summed E-state index contributed by atoms with van der Waals surface area (Å²) in [5.74, 6) is 4.11. The number of rotatable bonds is 4. The molecule has 0 aliphatic carbocycles. The van der Waals surface area contributed by atoms with Crippen molar-refractivity contribution in [2.75, 3.05) is 6.61 Å². The smallest absolute Gasteiger partial charge is 0.254 e. The number of halogens is 1. The number of aliphatic hydroxyl groups is 1. The number of benzene rings is 1. The third kappa shape index (κ3) is 4.07. The molecule has 0 heterocycles. The van der Waals surface area contributed by atoms with E-state index in [4.69, 9.17) is 5.11 Å². The summed E-state index contributed by atoms with van der Waals surface area (Å²) in [7, 11) is 0. The molecule has 0 bridgehead atoms. The van der Waals surface area contributed by atoms with Crippen molar-refractivity contribution < 1.29 is 14.3 Å². The fourth-order valence-electron chi connectivity index (χ4n) is 1.69. The Balaban J connectivity index is 3.03. The molecule has 20 heavy (non-hydrogen) atoms. The predicted molar refractivity (Wildman–Crippen MR) is 76.8 cm³/mol. The molecule has 0 unspecified atom stereocenters. The van der Waals surface area contributed by atoms with Crippen molar-refractivity contribution in [1.82, 2.24) is 5.32 Å². The maximum Gasteiger partial charge on any atom is 0.254 e. The van der Waals surface area contributed by atoms with Crippen LogP contribution in [0.4, 0.5) is 4.39 Å². The number of carbonyl (C=O) groups is 1. The lowest BCUT2D eigenvalue weighted by Crippen LogP contribution is -2.45. The van der Waals surface area contributed by atoms with Gasteiger partial charge in [-0.05, 0) is 38.0 Å². The second-order valence-corrected chi connectivity index (χ2v) is 4.88. The van der Waals surface area contributed by atoms with E-state index in [1.54, 1.807) is 0 Å². The van der Waals surface area contributed by atoms with Gasteiger partial charge in [-0.3, -0.25) is 4.79 Å². The molecule has 4 heteroatoms. The van der Waals surface area contributed by atoms with Crippen LogP contribution in [0.2, 0.25) is 0 Å². The third-order valence-corrected chi connectivity index (χ3v) is 3.50. The Kier molecular flexibility index (Phi) is 5.72. The van der Waals surface area contributed by atoms with Crippen molar-refractivity contribution in [3.05, 3.63) is 35.1 Å². The Hall–Kier alpha value is -1.86. The second-order valence-electron chi connectivity index (χ2n) is 4.88. The molecule has 0 aliphatic rings. The first-order valence-corrected chi connectivity index (χ1v) is 6.67. The van der Waals surface area contributed by atoms with E-state index in [0.29, 0.717) is 5.56 Å². The summed E-state index contributed by atoms with van der Waals surface area (Å²) in [6.07, 6.45) is 1.53. The molecule has 0 saturated carbocycles. The largest absolute Gasteiger partial charge is 0.384 e.